The number of carbonyl (C=O) groups is 4. The number of rotatable bonds is 7. The highest BCUT2D eigenvalue weighted by Crippen LogP contribution is 2.65. The number of phenolic OH excluding ortho intramolecular Hbond substituents is 1. The topological polar surface area (TPSA) is 142 Å². The molecule has 0 bridgehead atoms. The van der Waals surface area contributed by atoms with Crippen LogP contribution in [0.4, 0.5) is 11.4 Å². The fraction of sp³-hybridized carbons (Fsp3) is 0.196. The number of imide groups is 2. The summed E-state index contributed by atoms with van der Waals surface area (Å²) in [5, 5.41) is 13.5. The number of carbonyl (C=O) groups excluding carboxylic acids is 4. The van der Waals surface area contributed by atoms with Gasteiger partial charge < -0.3 is 14.3 Å². The summed E-state index contributed by atoms with van der Waals surface area (Å²) in [5.41, 5.74) is 5.41. The quantitative estimate of drug-likeness (QED) is 0.119. The predicted molar refractivity (Wildman–Crippen MR) is 226 cm³/mol. The van der Waals surface area contributed by atoms with Crippen LogP contribution >= 0.6 is 34.8 Å². The first kappa shape index (κ1) is 38.1. The van der Waals surface area contributed by atoms with E-state index >= 15 is 9.59 Å². The van der Waals surface area contributed by atoms with Crippen LogP contribution in [0, 0.1) is 23.7 Å². The zero-order valence-electron chi connectivity index (χ0n) is 31.6. The van der Waals surface area contributed by atoms with Crippen molar-refractivity contribution in [2.24, 2.45) is 23.7 Å². The van der Waals surface area contributed by atoms with E-state index in [9.17, 15) is 14.7 Å². The van der Waals surface area contributed by atoms with Gasteiger partial charge in [-0.3, -0.25) is 29.5 Å². The van der Waals surface area contributed by atoms with Crippen LogP contribution in [-0.4, -0.2) is 45.8 Å². The molecule has 3 heterocycles. The Morgan fingerprint density at radius 3 is 2.30 bits per heavy atom. The second-order valence-corrected chi connectivity index (χ2v) is 16.7. The van der Waals surface area contributed by atoms with Crippen LogP contribution < -0.4 is 15.1 Å². The molecular weight excluding hydrogens is 827 g/mol. The lowest BCUT2D eigenvalue weighted by molar-refractivity contribution is -0.138. The van der Waals surface area contributed by atoms with Crippen molar-refractivity contribution >= 4 is 80.9 Å². The number of nitrogens with one attached hydrogen (secondary N) is 1. The van der Waals surface area contributed by atoms with Crippen LogP contribution in [-0.2, 0) is 24.6 Å². The summed E-state index contributed by atoms with van der Waals surface area (Å²) < 4.78 is 11.4. The second kappa shape index (κ2) is 14.3. The van der Waals surface area contributed by atoms with Crippen molar-refractivity contribution in [3.63, 3.8) is 0 Å². The summed E-state index contributed by atoms with van der Waals surface area (Å²) in [6, 6.07) is 30.4. The molecule has 300 valence electrons. The number of para-hydroxylation sites is 2. The number of phenols is 1. The largest absolute Gasteiger partial charge is 0.508 e. The Bertz CT molecular complexity index is 2790. The summed E-state index contributed by atoms with van der Waals surface area (Å²) >= 11 is 19.4. The van der Waals surface area contributed by atoms with E-state index in [-0.39, 0.29) is 35.2 Å². The van der Waals surface area contributed by atoms with Crippen molar-refractivity contribution in [3.8, 4) is 23.0 Å². The van der Waals surface area contributed by atoms with Gasteiger partial charge in [-0.15, -0.1) is 0 Å². The molecule has 1 saturated carbocycles. The van der Waals surface area contributed by atoms with Crippen LogP contribution in [0.15, 0.2) is 125 Å². The maximum absolute atomic E-state index is 15.5. The number of anilines is 2. The fourth-order valence-corrected chi connectivity index (χ4v) is 10.6. The van der Waals surface area contributed by atoms with E-state index in [0.717, 1.165) is 5.01 Å². The van der Waals surface area contributed by atoms with E-state index in [1.54, 1.807) is 66.7 Å². The minimum atomic E-state index is -1.67. The number of methoxy groups -OCH3 is 1. The number of nitrogens with zero attached hydrogens (tertiary/aromatic N) is 3. The Morgan fingerprint density at radius 2 is 1.57 bits per heavy atom. The number of hydrazine groups is 1. The number of hydrogen-bond donors (Lipinski definition) is 2. The minimum Gasteiger partial charge on any atom is -0.508 e. The predicted octanol–water partition coefficient (Wildman–Crippen LogP) is 9.36. The van der Waals surface area contributed by atoms with E-state index in [0.29, 0.717) is 60.7 Å². The lowest BCUT2D eigenvalue weighted by Gasteiger charge is -2.50. The van der Waals surface area contributed by atoms with Crippen molar-refractivity contribution in [2.45, 2.75) is 24.2 Å². The minimum absolute atomic E-state index is 0.0392. The lowest BCUT2D eigenvalue weighted by atomic mass is 9.49. The number of fused-ring (bicyclic) bond motifs is 5. The average molecular weight is 860 g/mol. The van der Waals surface area contributed by atoms with Gasteiger partial charge in [-0.05, 0) is 109 Å². The van der Waals surface area contributed by atoms with Gasteiger partial charge in [0.1, 0.15) is 17.0 Å². The smallest absolute Gasteiger partial charge is 0.260 e. The summed E-state index contributed by atoms with van der Waals surface area (Å²) in [7, 11) is 1.53. The number of oxazole rings is 1. The number of ether oxygens (including phenoxy) is 1. The van der Waals surface area contributed by atoms with Gasteiger partial charge in [0.2, 0.25) is 17.7 Å². The summed E-state index contributed by atoms with van der Waals surface area (Å²) in [6.45, 7) is 0. The first-order valence-corrected chi connectivity index (χ1v) is 20.4. The summed E-state index contributed by atoms with van der Waals surface area (Å²) in [5.74, 6) is -5.56. The zero-order chi connectivity index (χ0) is 41.6. The first-order valence-electron chi connectivity index (χ1n) is 19.3. The van der Waals surface area contributed by atoms with Gasteiger partial charge in [-0.25, -0.2) is 4.98 Å². The molecule has 1 aromatic heterocycles. The van der Waals surface area contributed by atoms with Gasteiger partial charge in [0.05, 0.1) is 46.7 Å². The van der Waals surface area contributed by atoms with E-state index in [1.807, 2.05) is 30.3 Å². The van der Waals surface area contributed by atoms with Crippen molar-refractivity contribution in [3.05, 3.63) is 147 Å². The third kappa shape index (κ3) is 5.67. The maximum atomic E-state index is 15.5. The molecule has 0 spiro atoms. The highest BCUT2D eigenvalue weighted by Gasteiger charge is 2.70. The SMILES string of the molecule is COc1ccc([C@@]23C(=O)N(Nc4ccc(Cl)cc4Cl)C(=O)[C@@H]2C[C@@H]2C(=CC[C@@H]4C(=O)N(c5ccc(-c6nc7ccccc7o6)cc5)C(=O)[C@@H]42)[C@@H]3c2cc(Cl)ccc2O)cc1. The number of amides is 4. The third-order valence-corrected chi connectivity index (χ3v) is 13.3. The van der Waals surface area contributed by atoms with Gasteiger partial charge in [-0.1, -0.05) is 70.7 Å². The van der Waals surface area contributed by atoms with Gasteiger partial charge in [-0.2, -0.15) is 5.01 Å². The average Bonchev–Trinajstić information content (AvgIpc) is 3.87. The Kier molecular flexibility index (Phi) is 9.05. The van der Waals surface area contributed by atoms with Gasteiger partial charge in [0, 0.05) is 27.1 Å². The van der Waals surface area contributed by atoms with Crippen LogP contribution in [0.3, 0.4) is 0 Å². The van der Waals surface area contributed by atoms with Crippen molar-refractivity contribution < 1.29 is 33.4 Å². The molecule has 2 aliphatic heterocycles. The van der Waals surface area contributed by atoms with Gasteiger partial charge in [0.15, 0.2) is 5.58 Å². The van der Waals surface area contributed by atoms with Crippen molar-refractivity contribution in [2.75, 3.05) is 17.4 Å². The molecule has 2 aliphatic carbocycles. The molecule has 4 amide bonds. The van der Waals surface area contributed by atoms with Gasteiger partial charge in [0.25, 0.3) is 11.8 Å². The van der Waals surface area contributed by atoms with E-state index in [4.69, 9.17) is 44.0 Å². The third-order valence-electron chi connectivity index (χ3n) is 12.5. The Morgan fingerprint density at radius 1 is 0.833 bits per heavy atom. The van der Waals surface area contributed by atoms with Crippen LogP contribution in [0.1, 0.15) is 29.9 Å². The molecule has 4 aliphatic rings. The lowest BCUT2D eigenvalue weighted by Crippen LogP contribution is -2.53. The standard InChI is InChI=1S/C46H33Cl3N4O7/c1-59-28-14-8-24(9-15-28)46-33(43(56)53(45(46)58)51-35-18-10-26(48)21-34(35)49)22-31-29(40(46)32-20-25(47)11-19-37(32)54)16-17-30-39(31)44(57)52(42(30)55)27-12-6-23(7-13-27)41-50-36-4-2-3-5-38(36)60-41/h2-16,18-21,30-31,33,39-40,51,54H,17,22H2,1H3/t30-,31+,33-,39-,40+,46+/m0/s1. The number of aromatic hydroxyl groups is 1. The molecule has 2 saturated heterocycles. The van der Waals surface area contributed by atoms with Crippen LogP contribution in [0.25, 0.3) is 22.6 Å². The Hall–Kier alpha value is -6.14. The Balaban J connectivity index is 1.09. The molecule has 10 rings (SSSR count). The molecule has 5 aromatic carbocycles. The molecule has 60 heavy (non-hydrogen) atoms. The van der Waals surface area contributed by atoms with Crippen LogP contribution in [0.2, 0.25) is 15.1 Å². The van der Waals surface area contributed by atoms with E-state index in [1.165, 1.54) is 30.2 Å². The highest BCUT2D eigenvalue weighted by atomic mass is 35.5. The van der Waals surface area contributed by atoms with E-state index < -0.39 is 52.7 Å². The molecular formula is C46H33Cl3N4O7. The summed E-state index contributed by atoms with van der Waals surface area (Å²) in [6.07, 6.45) is 2.13. The second-order valence-electron chi connectivity index (χ2n) is 15.5. The molecule has 2 N–H and O–H groups in total. The van der Waals surface area contributed by atoms with Crippen molar-refractivity contribution in [1.82, 2.24) is 9.99 Å². The Labute approximate surface area is 358 Å². The number of halogens is 3. The number of aromatic nitrogens is 1. The van der Waals surface area contributed by atoms with Gasteiger partial charge >= 0.3 is 0 Å². The molecule has 11 nitrogen and oxygen atoms in total. The van der Waals surface area contributed by atoms with Crippen molar-refractivity contribution in [1.29, 1.82) is 0 Å². The maximum Gasteiger partial charge on any atom is 0.260 e. The molecule has 6 atom stereocenters. The first-order chi connectivity index (χ1) is 29.0. The summed E-state index contributed by atoms with van der Waals surface area (Å²) in [4.78, 5) is 65.5. The zero-order valence-corrected chi connectivity index (χ0v) is 33.9. The molecule has 3 fully saturated rings. The fourth-order valence-electron chi connectivity index (χ4n) is 9.95. The molecule has 14 heteroatoms. The number of allylic oxidation sites excluding steroid dienone is 2. The monoisotopic (exact) mass is 858 g/mol. The molecule has 0 radical (unpaired) electrons. The normalized spacial score (nSPS) is 24.7. The highest BCUT2D eigenvalue weighted by molar-refractivity contribution is 6.36. The molecule has 0 unspecified atom stereocenters. The number of hydrogen-bond acceptors (Lipinski definition) is 9. The number of benzene rings is 5. The van der Waals surface area contributed by atoms with E-state index in [2.05, 4.69) is 10.4 Å². The van der Waals surface area contributed by atoms with Crippen LogP contribution in [0.5, 0.6) is 11.5 Å². The molecule has 6 aromatic rings.